The minimum absolute atomic E-state index is 0.195. The first-order chi connectivity index (χ1) is 14.7. The Morgan fingerprint density at radius 1 is 0.968 bits per heavy atom. The zero-order chi connectivity index (χ0) is 22.9. The number of hydrogen-bond donors (Lipinski definition) is 1. The van der Waals surface area contributed by atoms with Crippen molar-refractivity contribution in [2.45, 2.75) is 18.9 Å². The first kappa shape index (κ1) is 25.1. The van der Waals surface area contributed by atoms with Crippen LogP contribution in [0.3, 0.4) is 0 Å². The van der Waals surface area contributed by atoms with Gasteiger partial charge in [-0.05, 0) is 66.9 Å². The van der Waals surface area contributed by atoms with Crippen LogP contribution in [0.4, 0.5) is 0 Å². The molecule has 6 nitrogen and oxygen atoms in total. The van der Waals surface area contributed by atoms with Gasteiger partial charge in [-0.2, -0.15) is 0 Å². The summed E-state index contributed by atoms with van der Waals surface area (Å²) in [6.45, 7) is 0.492. The van der Waals surface area contributed by atoms with E-state index in [1.54, 1.807) is 48.5 Å². The smallest absolute Gasteiger partial charge is 0.371 e. The molecule has 0 spiro atoms. The molecule has 0 aromatic heterocycles. The largest absolute Gasteiger partial charge is 0.494 e. The van der Waals surface area contributed by atoms with Crippen molar-refractivity contribution in [3.63, 3.8) is 0 Å². The molecule has 31 heavy (non-hydrogen) atoms. The fourth-order valence-corrected chi connectivity index (χ4v) is 4.32. The maximum atomic E-state index is 12.3. The summed E-state index contributed by atoms with van der Waals surface area (Å²) in [5.41, 5.74) is 0.961. The summed E-state index contributed by atoms with van der Waals surface area (Å²) < 4.78 is 15.7. The van der Waals surface area contributed by atoms with Crippen LogP contribution in [0.25, 0.3) is 6.08 Å². The van der Waals surface area contributed by atoms with Crippen LogP contribution in [-0.4, -0.2) is 36.8 Å². The highest BCUT2D eigenvalue weighted by atomic mass is 35.8. The Bertz CT molecular complexity index is 908. The monoisotopic (exact) mass is 502 g/mol. The average Bonchev–Trinajstić information content (AvgIpc) is 2.72. The van der Waals surface area contributed by atoms with Crippen LogP contribution in [0.5, 0.6) is 11.5 Å². The second kappa shape index (κ2) is 12.0. The zero-order valence-corrected chi connectivity index (χ0v) is 19.9. The van der Waals surface area contributed by atoms with E-state index in [0.29, 0.717) is 35.3 Å². The summed E-state index contributed by atoms with van der Waals surface area (Å²) in [7, 11) is 1.28. The molecule has 2 rings (SSSR count). The number of methoxy groups -OCH3 is 1. The number of aliphatic carboxylic acids is 1. The van der Waals surface area contributed by atoms with Crippen LogP contribution < -0.4 is 9.47 Å². The fourth-order valence-electron chi connectivity index (χ4n) is 2.46. The van der Waals surface area contributed by atoms with Gasteiger partial charge in [0.25, 0.3) is 0 Å². The molecular formula is C21H21Cl3O6Si. The average molecular weight is 504 g/mol. The lowest BCUT2D eigenvalue weighted by Crippen LogP contribution is -2.09. The third-order valence-electron chi connectivity index (χ3n) is 4.03. The number of unbranched alkanes of at least 4 members (excludes halogenated alkanes) is 1. The molecule has 0 heterocycles. The number of esters is 1. The van der Waals surface area contributed by atoms with Crippen LogP contribution in [0.2, 0.25) is 6.04 Å². The summed E-state index contributed by atoms with van der Waals surface area (Å²) >= 11 is 17.5. The van der Waals surface area contributed by atoms with Crippen molar-refractivity contribution in [1.82, 2.24) is 0 Å². The Morgan fingerprint density at radius 2 is 1.58 bits per heavy atom. The molecule has 2 aromatic carbocycles. The molecule has 0 unspecified atom stereocenters. The molecule has 0 aliphatic rings. The predicted molar refractivity (Wildman–Crippen MR) is 123 cm³/mol. The van der Waals surface area contributed by atoms with Crippen molar-refractivity contribution in [2.24, 2.45) is 0 Å². The van der Waals surface area contributed by atoms with E-state index < -0.39 is 17.9 Å². The Kier molecular flexibility index (Phi) is 9.70. The zero-order valence-electron chi connectivity index (χ0n) is 16.6. The van der Waals surface area contributed by atoms with Crippen molar-refractivity contribution >= 4 is 57.3 Å². The second-order valence-electron chi connectivity index (χ2n) is 6.42. The Hall–Kier alpha value is -2.19. The van der Waals surface area contributed by atoms with Gasteiger partial charge in [0.2, 0.25) is 5.76 Å². The quantitative estimate of drug-likeness (QED) is 0.0794. The number of carbonyl (C=O) groups excluding carboxylic acids is 1. The van der Waals surface area contributed by atoms with E-state index >= 15 is 0 Å². The molecule has 0 amide bonds. The van der Waals surface area contributed by atoms with Crippen LogP contribution >= 0.6 is 33.2 Å². The third-order valence-corrected chi connectivity index (χ3v) is 6.65. The number of halogens is 3. The molecule has 1 N–H and O–H groups in total. The van der Waals surface area contributed by atoms with Crippen LogP contribution in [0, 0.1) is 0 Å². The molecule has 0 saturated heterocycles. The molecule has 0 radical (unpaired) electrons. The molecule has 2 aromatic rings. The van der Waals surface area contributed by atoms with Crippen molar-refractivity contribution in [2.75, 3.05) is 13.7 Å². The number of hydrogen-bond acceptors (Lipinski definition) is 5. The highest BCUT2D eigenvalue weighted by Gasteiger charge is 2.23. The van der Waals surface area contributed by atoms with Crippen LogP contribution in [0.1, 0.15) is 28.8 Å². The minimum atomic E-state index is -2.58. The third kappa shape index (κ3) is 9.22. The van der Waals surface area contributed by atoms with Gasteiger partial charge in [0.05, 0.1) is 19.3 Å². The van der Waals surface area contributed by atoms with Gasteiger partial charge in [0, 0.05) is 0 Å². The van der Waals surface area contributed by atoms with E-state index in [0.717, 1.165) is 12.8 Å². The molecule has 10 heteroatoms. The lowest BCUT2D eigenvalue weighted by atomic mass is 10.2. The van der Waals surface area contributed by atoms with Crippen molar-refractivity contribution < 1.29 is 28.9 Å². The Morgan fingerprint density at radius 3 is 2.13 bits per heavy atom. The highest BCUT2D eigenvalue weighted by molar-refractivity contribution is 7.64. The van der Waals surface area contributed by atoms with E-state index in [9.17, 15) is 9.59 Å². The maximum absolute atomic E-state index is 12.3. The van der Waals surface area contributed by atoms with Gasteiger partial charge in [-0.25, -0.2) is 9.59 Å². The molecule has 0 fully saturated rings. The van der Waals surface area contributed by atoms with E-state index in [2.05, 4.69) is 0 Å². The van der Waals surface area contributed by atoms with Crippen molar-refractivity contribution in [1.29, 1.82) is 0 Å². The number of benzene rings is 2. The number of carboxylic acid groups (broad SMARTS) is 1. The van der Waals surface area contributed by atoms with Gasteiger partial charge in [-0.1, -0.05) is 12.1 Å². The molecule has 0 aliphatic carbocycles. The number of rotatable bonds is 11. The maximum Gasteiger partial charge on any atom is 0.371 e. The van der Waals surface area contributed by atoms with Crippen LogP contribution in [-0.2, 0) is 9.53 Å². The fraction of sp³-hybridized carbons (Fsp3) is 0.238. The minimum Gasteiger partial charge on any atom is -0.494 e. The predicted octanol–water partition coefficient (Wildman–Crippen LogP) is 5.79. The summed E-state index contributed by atoms with van der Waals surface area (Å²) in [5, 5.41) is 8.97. The van der Waals surface area contributed by atoms with Gasteiger partial charge in [0.1, 0.15) is 11.5 Å². The number of ether oxygens (including phenoxy) is 3. The van der Waals surface area contributed by atoms with E-state index in [1.165, 1.54) is 13.2 Å². The molecule has 0 aliphatic heterocycles. The van der Waals surface area contributed by atoms with Crippen molar-refractivity contribution in [3.05, 3.63) is 65.4 Å². The molecule has 0 atom stereocenters. The van der Waals surface area contributed by atoms with Gasteiger partial charge in [0.15, 0.2) is 0 Å². The summed E-state index contributed by atoms with van der Waals surface area (Å²) in [6.07, 6.45) is 2.92. The van der Waals surface area contributed by atoms with Crippen molar-refractivity contribution in [3.8, 4) is 11.5 Å². The Balaban J connectivity index is 1.86. The number of carboxylic acids is 1. The van der Waals surface area contributed by atoms with Crippen LogP contribution in [0.15, 0.2) is 54.3 Å². The van der Waals surface area contributed by atoms with E-state index in [1.807, 2.05) is 0 Å². The van der Waals surface area contributed by atoms with Gasteiger partial charge in [-0.15, -0.1) is 33.2 Å². The second-order valence-corrected chi connectivity index (χ2v) is 15.7. The van der Waals surface area contributed by atoms with E-state index in [-0.39, 0.29) is 5.76 Å². The first-order valence-electron chi connectivity index (χ1n) is 9.29. The Labute approximate surface area is 195 Å². The van der Waals surface area contributed by atoms with E-state index in [4.69, 9.17) is 52.6 Å². The highest BCUT2D eigenvalue weighted by Crippen LogP contribution is 2.27. The lowest BCUT2D eigenvalue weighted by molar-refractivity contribution is -0.135. The standard InChI is InChI=1S/C21H21Cl3O6Si/c1-28-19(20(25)26)14-15-4-8-18(9-5-15)30-21(27)16-6-10-17(11-7-16)29-12-2-3-13-31(22,23)24/h4-11,14H,2-3,12-13H2,1H3,(H,25,26)/b19-14+. The van der Waals surface area contributed by atoms with Gasteiger partial charge in [-0.3, -0.25) is 0 Å². The summed E-state index contributed by atoms with van der Waals surface area (Å²) in [4.78, 5) is 23.3. The normalized spacial score (nSPS) is 11.7. The summed E-state index contributed by atoms with van der Waals surface area (Å²) in [6, 6.07) is 11.0. The lowest BCUT2D eigenvalue weighted by Gasteiger charge is -2.09. The summed E-state index contributed by atoms with van der Waals surface area (Å²) in [5.74, 6) is -0.930. The molecular weight excluding hydrogens is 483 g/mol. The SMILES string of the molecule is CO/C(=C/c1ccc(OC(=O)c2ccc(OCCCC[Si](Cl)(Cl)Cl)cc2)cc1)C(=O)O. The van der Waals surface area contributed by atoms with Gasteiger partial charge < -0.3 is 19.3 Å². The molecule has 0 bridgehead atoms. The topological polar surface area (TPSA) is 82.1 Å². The number of carbonyl (C=O) groups is 2. The van der Waals surface area contributed by atoms with Gasteiger partial charge >= 0.3 is 17.9 Å². The first-order valence-corrected chi connectivity index (χ1v) is 14.5. The molecule has 166 valence electrons. The molecule has 0 saturated carbocycles.